The molecule has 0 atom stereocenters. The van der Waals surface area contributed by atoms with Crippen LogP contribution in [-0.2, 0) is 0 Å². The lowest BCUT2D eigenvalue weighted by Crippen LogP contribution is -2.79. The molecular weight excluding hydrogens is 629 g/mol. The fraction of sp³-hybridized carbons (Fsp3) is 0.875. The molecule has 0 aliphatic rings. The van der Waals surface area contributed by atoms with E-state index in [1.165, 1.54) is 0 Å². The van der Waals surface area contributed by atoms with Gasteiger partial charge in [0, 0.05) is 6.42 Å². The van der Waals surface area contributed by atoms with Gasteiger partial charge in [-0.2, -0.15) is 96.6 Å². The van der Waals surface area contributed by atoms with Gasteiger partial charge in [-0.25, -0.2) is 4.39 Å². The van der Waals surface area contributed by atoms with E-state index in [9.17, 15) is 101 Å². The molecule has 0 aromatic heterocycles. The van der Waals surface area contributed by atoms with Gasteiger partial charge in [0.15, 0.2) is 0 Å². The van der Waals surface area contributed by atoms with Crippen LogP contribution in [-0.4, -0.2) is 65.4 Å². The van der Waals surface area contributed by atoms with E-state index >= 15 is 0 Å². The zero-order chi connectivity index (χ0) is 32.3. The lowest BCUT2D eigenvalue weighted by Gasteiger charge is -2.46. The summed E-state index contributed by atoms with van der Waals surface area (Å²) in [6, 6.07) is 0. The van der Waals surface area contributed by atoms with Crippen LogP contribution in [0.5, 0.6) is 0 Å². The van der Waals surface area contributed by atoms with Gasteiger partial charge >= 0.3 is 65.4 Å². The van der Waals surface area contributed by atoms with E-state index in [1.807, 2.05) is 0 Å². The molecule has 0 aromatic rings. The van der Waals surface area contributed by atoms with Crippen LogP contribution in [0.4, 0.5) is 101 Å². The lowest BCUT2D eigenvalue weighted by atomic mass is 9.82. The van der Waals surface area contributed by atoms with Crippen LogP contribution in [0.3, 0.4) is 0 Å². The maximum atomic E-state index is 13.6. The Bertz CT molecular complexity index is 871. The van der Waals surface area contributed by atoms with E-state index in [4.69, 9.17) is 0 Å². The third-order valence-corrected chi connectivity index (χ3v) is 4.90. The largest absolute Gasteiger partial charge is 0.438 e. The monoisotopic (exact) mass is 638 g/mol. The number of hydrogen-bond acceptors (Lipinski definition) is 0. The van der Waals surface area contributed by atoms with Crippen LogP contribution in [0, 0.1) is 0 Å². The molecule has 0 unspecified atom stereocenters. The third-order valence-electron chi connectivity index (χ3n) is 4.90. The minimum Gasteiger partial charge on any atom is -0.216 e. The Labute approximate surface area is 199 Å². The number of rotatable bonds is 11. The molecule has 0 aliphatic heterocycles. The van der Waals surface area contributed by atoms with Gasteiger partial charge < -0.3 is 0 Å². The van der Waals surface area contributed by atoms with Crippen LogP contribution in [0.25, 0.3) is 0 Å². The zero-order valence-corrected chi connectivity index (χ0v) is 17.8. The molecule has 0 heterocycles. The molecule has 0 N–H and O–H groups in total. The van der Waals surface area contributed by atoms with Crippen LogP contribution < -0.4 is 0 Å². The molecule has 0 nitrogen and oxygen atoms in total. The van der Waals surface area contributed by atoms with Gasteiger partial charge in [-0.1, -0.05) is 12.2 Å². The predicted molar refractivity (Wildman–Crippen MR) is 79.6 cm³/mol. The molecule has 0 aromatic carbocycles. The summed E-state index contributed by atoms with van der Waals surface area (Å²) in [7, 11) is 0. The molecule has 0 spiro atoms. The van der Waals surface area contributed by atoms with Gasteiger partial charge in [-0.15, -0.1) is 0 Å². The van der Waals surface area contributed by atoms with Crippen LogP contribution >= 0.6 is 0 Å². The highest BCUT2D eigenvalue weighted by Gasteiger charge is 2.99. The standard InChI is InChI=1S/C16H9F23/c1-2-3-4-5-6(17,18)8(20,21)10(24,25)12(28,29)14(32,33)13(30,31)11(26,27)9(22,23)7(19,15(34,35)36)16(37,38)39/h2-3H,4-5H2,1H3. The van der Waals surface area contributed by atoms with Crippen molar-refractivity contribution in [3.05, 3.63) is 12.2 Å². The van der Waals surface area contributed by atoms with E-state index in [-0.39, 0.29) is 0 Å². The SMILES string of the molecule is CC=CCCC(F)(F)C(F)(F)C(F)(F)C(F)(F)C(F)(F)C(F)(F)C(F)(F)C(F)(F)C(F)(C(F)(F)F)C(F)(F)F. The molecule has 0 saturated heterocycles. The third kappa shape index (κ3) is 4.75. The molecule has 39 heavy (non-hydrogen) atoms. The van der Waals surface area contributed by atoms with Crippen molar-refractivity contribution >= 4 is 0 Å². The number of allylic oxidation sites excluding steroid dienone is 2. The Morgan fingerprint density at radius 1 is 0.385 bits per heavy atom. The summed E-state index contributed by atoms with van der Waals surface area (Å²) in [5, 5.41) is 0. The van der Waals surface area contributed by atoms with Gasteiger partial charge in [0.1, 0.15) is 0 Å². The molecular formula is C16H9F23. The van der Waals surface area contributed by atoms with Gasteiger partial charge in [0.2, 0.25) is 0 Å². The summed E-state index contributed by atoms with van der Waals surface area (Å²) in [6.45, 7) is 0.960. The molecule has 0 amide bonds. The van der Waals surface area contributed by atoms with Crippen LogP contribution in [0.2, 0.25) is 0 Å². The second kappa shape index (κ2) is 9.61. The fourth-order valence-electron chi connectivity index (χ4n) is 2.54. The Kier molecular flexibility index (Phi) is 9.15. The van der Waals surface area contributed by atoms with Crippen molar-refractivity contribution in [2.75, 3.05) is 0 Å². The maximum Gasteiger partial charge on any atom is 0.438 e. The Morgan fingerprint density at radius 3 is 0.897 bits per heavy atom. The molecule has 0 aliphatic carbocycles. The van der Waals surface area contributed by atoms with E-state index < -0.39 is 78.2 Å². The average molecular weight is 638 g/mol. The van der Waals surface area contributed by atoms with E-state index in [0.29, 0.717) is 6.08 Å². The topological polar surface area (TPSA) is 0 Å². The zero-order valence-electron chi connectivity index (χ0n) is 17.8. The second-order valence-electron chi connectivity index (χ2n) is 7.49. The maximum absolute atomic E-state index is 13.6. The molecule has 234 valence electrons. The molecule has 0 rings (SSSR count). The van der Waals surface area contributed by atoms with Crippen molar-refractivity contribution in [2.24, 2.45) is 0 Å². The highest BCUT2D eigenvalue weighted by Crippen LogP contribution is 2.67. The summed E-state index contributed by atoms with van der Waals surface area (Å²) >= 11 is 0. The van der Waals surface area contributed by atoms with Gasteiger partial charge in [-0.05, 0) is 13.3 Å². The molecule has 0 radical (unpaired) electrons. The molecule has 23 heteroatoms. The first-order valence-corrected chi connectivity index (χ1v) is 9.02. The smallest absolute Gasteiger partial charge is 0.216 e. The van der Waals surface area contributed by atoms with E-state index in [0.717, 1.165) is 13.0 Å². The van der Waals surface area contributed by atoms with Crippen LogP contribution in [0.15, 0.2) is 12.2 Å². The summed E-state index contributed by atoms with van der Waals surface area (Å²) in [4.78, 5) is 0. The van der Waals surface area contributed by atoms with E-state index in [1.54, 1.807) is 0 Å². The first-order valence-electron chi connectivity index (χ1n) is 9.02. The molecule has 0 fully saturated rings. The number of hydrogen-bond donors (Lipinski definition) is 0. The summed E-state index contributed by atoms with van der Waals surface area (Å²) in [5.41, 5.74) is -9.00. The van der Waals surface area contributed by atoms with Crippen molar-refractivity contribution in [2.45, 2.75) is 85.2 Å². The van der Waals surface area contributed by atoms with Crippen molar-refractivity contribution in [3.63, 3.8) is 0 Å². The van der Waals surface area contributed by atoms with Gasteiger partial charge in [0.05, 0.1) is 0 Å². The highest BCUT2D eigenvalue weighted by molar-refractivity contribution is 5.20. The van der Waals surface area contributed by atoms with Crippen LogP contribution in [0.1, 0.15) is 19.8 Å². The lowest BCUT2D eigenvalue weighted by molar-refractivity contribution is -0.481. The molecule has 0 saturated carbocycles. The summed E-state index contributed by atoms with van der Waals surface area (Å²) < 4.78 is 305. The number of alkyl halides is 23. The second-order valence-corrected chi connectivity index (χ2v) is 7.49. The normalized spacial score (nSPS) is 16.8. The Balaban J connectivity index is 7.24. The van der Waals surface area contributed by atoms with Crippen molar-refractivity contribution in [3.8, 4) is 0 Å². The first kappa shape index (κ1) is 37.1. The highest BCUT2D eigenvalue weighted by atomic mass is 19.4. The minimum atomic E-state index is -9.44. The average Bonchev–Trinajstić information content (AvgIpc) is 2.70. The van der Waals surface area contributed by atoms with E-state index in [2.05, 4.69) is 0 Å². The summed E-state index contributed by atoms with van der Waals surface area (Å²) in [6.07, 6.45) is -20.0. The van der Waals surface area contributed by atoms with Crippen molar-refractivity contribution in [1.82, 2.24) is 0 Å². The molecule has 0 bridgehead atoms. The van der Waals surface area contributed by atoms with Gasteiger partial charge in [-0.3, -0.25) is 0 Å². The first-order chi connectivity index (χ1) is 16.6. The Hall–Kier alpha value is -1.87. The fourth-order valence-corrected chi connectivity index (χ4v) is 2.54. The number of halogens is 23. The predicted octanol–water partition coefficient (Wildman–Crippen LogP) is 9.26. The minimum absolute atomic E-state index is 0.427. The Morgan fingerprint density at radius 2 is 0.641 bits per heavy atom. The van der Waals surface area contributed by atoms with Crippen molar-refractivity contribution < 1.29 is 101 Å². The summed E-state index contributed by atoms with van der Waals surface area (Å²) in [5.74, 6) is -69.9. The van der Waals surface area contributed by atoms with Crippen molar-refractivity contribution in [1.29, 1.82) is 0 Å². The quantitative estimate of drug-likeness (QED) is 0.156. The van der Waals surface area contributed by atoms with Gasteiger partial charge in [0.25, 0.3) is 0 Å².